The quantitative estimate of drug-likeness (QED) is 0.509. The van der Waals surface area contributed by atoms with Gasteiger partial charge < -0.3 is 4.98 Å². The summed E-state index contributed by atoms with van der Waals surface area (Å²) in [5.41, 5.74) is 6.31. The van der Waals surface area contributed by atoms with E-state index >= 15 is 0 Å². The van der Waals surface area contributed by atoms with Crippen LogP contribution in [0.25, 0.3) is 11.0 Å². The van der Waals surface area contributed by atoms with Gasteiger partial charge >= 0.3 is 0 Å². The number of imidazole rings is 1. The molecule has 0 bridgehead atoms. The molecule has 1 aromatic heterocycles. The molecular formula is C20H23N5O2S. The molecule has 0 atom stereocenters. The van der Waals surface area contributed by atoms with Crippen molar-refractivity contribution in [2.24, 2.45) is 5.10 Å². The van der Waals surface area contributed by atoms with Gasteiger partial charge in [0.2, 0.25) is 16.0 Å². The number of sulfonamides is 1. The van der Waals surface area contributed by atoms with E-state index in [1.807, 2.05) is 31.2 Å². The minimum absolute atomic E-state index is 0.330. The molecule has 1 aliphatic rings. The fourth-order valence-corrected chi connectivity index (χ4v) is 4.85. The highest BCUT2D eigenvalue weighted by Gasteiger charge is 2.25. The number of H-pyrrole nitrogens is 1. The van der Waals surface area contributed by atoms with Crippen molar-refractivity contribution in [3.63, 3.8) is 0 Å². The zero-order chi connectivity index (χ0) is 19.6. The zero-order valence-electron chi connectivity index (χ0n) is 15.7. The van der Waals surface area contributed by atoms with Crippen LogP contribution in [0, 0.1) is 0 Å². The van der Waals surface area contributed by atoms with E-state index < -0.39 is 10.0 Å². The summed E-state index contributed by atoms with van der Waals surface area (Å²) in [4.78, 5) is 7.90. The number of benzene rings is 2. The topological polar surface area (TPSA) is 90.5 Å². The van der Waals surface area contributed by atoms with Gasteiger partial charge in [-0.2, -0.15) is 9.41 Å². The summed E-state index contributed by atoms with van der Waals surface area (Å²) in [5, 5.41) is 4.35. The fraction of sp³-hybridized carbons (Fsp3) is 0.300. The van der Waals surface area contributed by atoms with Crippen molar-refractivity contribution in [2.75, 3.05) is 18.5 Å². The summed E-state index contributed by atoms with van der Waals surface area (Å²) in [6.45, 7) is 3.07. The van der Waals surface area contributed by atoms with Crippen molar-refractivity contribution < 1.29 is 8.42 Å². The molecule has 8 heteroatoms. The molecular weight excluding hydrogens is 374 g/mol. The number of hydrazone groups is 1. The van der Waals surface area contributed by atoms with Crippen molar-refractivity contribution in [3.05, 3.63) is 54.1 Å². The van der Waals surface area contributed by atoms with Crippen molar-refractivity contribution in [1.29, 1.82) is 0 Å². The molecule has 3 aromatic rings. The normalized spacial score (nSPS) is 16.4. The predicted molar refractivity (Wildman–Crippen MR) is 111 cm³/mol. The molecule has 0 unspecified atom stereocenters. The molecule has 2 N–H and O–H groups in total. The van der Waals surface area contributed by atoms with Crippen molar-refractivity contribution in [3.8, 4) is 0 Å². The monoisotopic (exact) mass is 397 g/mol. The molecule has 7 nitrogen and oxygen atoms in total. The van der Waals surface area contributed by atoms with Gasteiger partial charge in [0.25, 0.3) is 0 Å². The number of aromatic nitrogens is 2. The molecule has 0 amide bonds. The van der Waals surface area contributed by atoms with Crippen molar-refractivity contribution >= 4 is 32.7 Å². The minimum Gasteiger partial charge on any atom is -0.323 e. The Morgan fingerprint density at radius 2 is 1.79 bits per heavy atom. The van der Waals surface area contributed by atoms with Gasteiger partial charge in [-0.25, -0.2) is 18.8 Å². The first kappa shape index (κ1) is 18.6. The first-order valence-corrected chi connectivity index (χ1v) is 10.8. The molecule has 0 radical (unpaired) electrons. The Morgan fingerprint density at radius 1 is 1.07 bits per heavy atom. The Labute approximate surface area is 164 Å². The number of para-hydroxylation sites is 2. The first-order valence-electron chi connectivity index (χ1n) is 9.40. The fourth-order valence-electron chi connectivity index (χ4n) is 3.33. The maximum Gasteiger partial charge on any atom is 0.243 e. The van der Waals surface area contributed by atoms with E-state index in [1.165, 1.54) is 0 Å². The van der Waals surface area contributed by atoms with Gasteiger partial charge in [-0.15, -0.1) is 0 Å². The van der Waals surface area contributed by atoms with Crippen molar-refractivity contribution in [2.45, 2.75) is 31.1 Å². The van der Waals surface area contributed by atoms with Gasteiger partial charge in [-0.1, -0.05) is 30.7 Å². The number of anilines is 1. The summed E-state index contributed by atoms with van der Waals surface area (Å²) in [6.07, 6.45) is 2.95. The summed E-state index contributed by atoms with van der Waals surface area (Å²) in [6, 6.07) is 14.6. The molecule has 4 rings (SSSR count). The van der Waals surface area contributed by atoms with Crippen LogP contribution in [0.4, 0.5) is 5.95 Å². The van der Waals surface area contributed by atoms with E-state index in [1.54, 1.807) is 28.6 Å². The number of hydrogen-bond donors (Lipinski definition) is 2. The van der Waals surface area contributed by atoms with Crippen molar-refractivity contribution in [1.82, 2.24) is 14.3 Å². The minimum atomic E-state index is -3.41. The number of rotatable bonds is 5. The number of hydrogen-bond acceptors (Lipinski definition) is 5. The van der Waals surface area contributed by atoms with Crippen LogP contribution in [-0.4, -0.2) is 41.5 Å². The summed E-state index contributed by atoms with van der Waals surface area (Å²) in [7, 11) is -3.41. The lowest BCUT2D eigenvalue weighted by Gasteiger charge is -2.25. The molecule has 1 aliphatic heterocycles. The van der Waals surface area contributed by atoms with E-state index in [0.717, 1.165) is 41.6 Å². The molecule has 1 saturated heterocycles. The van der Waals surface area contributed by atoms with Crippen LogP contribution < -0.4 is 5.43 Å². The smallest absolute Gasteiger partial charge is 0.243 e. The SMILES string of the molecule is C/C(=N/Nc1nc2ccccc2[nH]1)c1ccc(S(=O)(=O)N2CCCCC2)cc1. The second-order valence-corrected chi connectivity index (χ2v) is 8.84. The van der Waals surface area contributed by atoms with Crippen LogP contribution in [0.1, 0.15) is 31.7 Å². The highest BCUT2D eigenvalue weighted by atomic mass is 32.2. The zero-order valence-corrected chi connectivity index (χ0v) is 16.5. The summed E-state index contributed by atoms with van der Waals surface area (Å²) >= 11 is 0. The van der Waals surface area contributed by atoms with Crippen LogP contribution in [0.15, 0.2) is 58.5 Å². The van der Waals surface area contributed by atoms with Gasteiger partial charge in [0.1, 0.15) is 0 Å². The standard InChI is InChI=1S/C20H23N5O2S/c1-15(23-24-20-21-18-7-3-4-8-19(18)22-20)16-9-11-17(12-10-16)28(26,27)25-13-5-2-6-14-25/h3-4,7-12H,2,5-6,13-14H2,1H3,(H2,21,22,24)/b23-15-. The van der Waals surface area contributed by atoms with Crippen LogP contribution in [0.2, 0.25) is 0 Å². The number of nitrogens with zero attached hydrogens (tertiary/aromatic N) is 3. The van der Waals surface area contributed by atoms with Gasteiger partial charge in [-0.3, -0.25) is 0 Å². The van der Waals surface area contributed by atoms with E-state index in [4.69, 9.17) is 0 Å². The molecule has 0 saturated carbocycles. The van der Waals surface area contributed by atoms with Gasteiger partial charge in [0.05, 0.1) is 21.6 Å². The molecule has 28 heavy (non-hydrogen) atoms. The Balaban J connectivity index is 1.48. The second-order valence-electron chi connectivity index (χ2n) is 6.90. The lowest BCUT2D eigenvalue weighted by molar-refractivity contribution is 0.346. The Hall–Kier alpha value is -2.71. The molecule has 1 fully saturated rings. The Bertz CT molecular complexity index is 1060. The van der Waals surface area contributed by atoms with Gasteiger partial charge in [-0.05, 0) is 49.6 Å². The number of piperidine rings is 1. The summed E-state index contributed by atoms with van der Waals surface area (Å²) in [5.74, 6) is 0.560. The van der Waals surface area contributed by atoms with Gasteiger partial charge in [0, 0.05) is 13.1 Å². The van der Waals surface area contributed by atoms with E-state index in [-0.39, 0.29) is 0 Å². The highest BCUT2D eigenvalue weighted by molar-refractivity contribution is 7.89. The number of fused-ring (bicyclic) bond motifs is 1. The summed E-state index contributed by atoms with van der Waals surface area (Å²) < 4.78 is 27.0. The van der Waals surface area contributed by atoms with Crippen LogP contribution in [0.3, 0.4) is 0 Å². The first-order chi connectivity index (χ1) is 13.5. The molecule has 0 aliphatic carbocycles. The third-order valence-corrected chi connectivity index (χ3v) is 6.86. The second kappa shape index (κ2) is 7.73. The van der Waals surface area contributed by atoms with E-state index in [0.29, 0.717) is 23.9 Å². The average molecular weight is 398 g/mol. The maximum atomic E-state index is 12.7. The molecule has 146 valence electrons. The predicted octanol–water partition coefficient (Wildman–Crippen LogP) is 3.57. The maximum absolute atomic E-state index is 12.7. The lowest BCUT2D eigenvalue weighted by Crippen LogP contribution is -2.35. The van der Waals surface area contributed by atoms with Crippen LogP contribution in [0.5, 0.6) is 0 Å². The highest BCUT2D eigenvalue weighted by Crippen LogP contribution is 2.21. The molecule has 0 spiro atoms. The lowest BCUT2D eigenvalue weighted by atomic mass is 10.1. The Kier molecular flexibility index (Phi) is 5.15. The van der Waals surface area contributed by atoms with Crippen LogP contribution >= 0.6 is 0 Å². The largest absolute Gasteiger partial charge is 0.323 e. The van der Waals surface area contributed by atoms with Crippen LogP contribution in [-0.2, 0) is 10.0 Å². The molecule has 2 aromatic carbocycles. The Morgan fingerprint density at radius 3 is 2.50 bits per heavy atom. The van der Waals surface area contributed by atoms with E-state index in [2.05, 4.69) is 20.5 Å². The third-order valence-electron chi connectivity index (χ3n) is 4.94. The van der Waals surface area contributed by atoms with E-state index in [9.17, 15) is 8.42 Å². The average Bonchev–Trinajstić information content (AvgIpc) is 3.16. The van der Waals surface area contributed by atoms with Gasteiger partial charge in [0.15, 0.2) is 0 Å². The number of nitrogens with one attached hydrogen (secondary N) is 2. The third kappa shape index (κ3) is 3.79. The molecule has 2 heterocycles. The number of aromatic amines is 1.